The molecule has 0 saturated carbocycles. The number of hydrogen-bond donors (Lipinski definition) is 1. The highest BCUT2D eigenvalue weighted by molar-refractivity contribution is 9.10. The van der Waals surface area contributed by atoms with Gasteiger partial charge in [0.2, 0.25) is 0 Å². The third-order valence-corrected chi connectivity index (χ3v) is 4.37. The number of aliphatic hydroxyl groups is 1. The van der Waals surface area contributed by atoms with Gasteiger partial charge in [-0.1, -0.05) is 35.0 Å². The van der Waals surface area contributed by atoms with Crippen LogP contribution < -0.4 is 0 Å². The maximum Gasteiger partial charge on any atom is 0.0645 e. The molecule has 1 heterocycles. The third kappa shape index (κ3) is 3.31. The quantitative estimate of drug-likeness (QED) is 0.843. The zero-order valence-corrected chi connectivity index (χ0v) is 12.6. The molecule has 0 aliphatic carbocycles. The van der Waals surface area contributed by atoms with E-state index in [4.69, 9.17) is 0 Å². The van der Waals surface area contributed by atoms with Gasteiger partial charge in [0.05, 0.1) is 6.61 Å². The van der Waals surface area contributed by atoms with Gasteiger partial charge in [0, 0.05) is 14.2 Å². The molecule has 2 rings (SSSR count). The molecule has 0 unspecified atom stereocenters. The molecule has 0 amide bonds. The van der Waals surface area contributed by atoms with E-state index in [0.717, 1.165) is 16.5 Å². The van der Waals surface area contributed by atoms with Crippen molar-refractivity contribution < 1.29 is 5.11 Å². The van der Waals surface area contributed by atoms with Gasteiger partial charge in [-0.25, -0.2) is 0 Å². The zero-order valence-electron chi connectivity index (χ0n) is 10.2. The second-order valence-corrected chi connectivity index (χ2v) is 6.05. The summed E-state index contributed by atoms with van der Waals surface area (Å²) >= 11 is 5.19. The minimum atomic E-state index is 0.141. The first-order chi connectivity index (χ1) is 8.72. The summed E-state index contributed by atoms with van der Waals surface area (Å²) in [5, 5.41) is 9.17. The Balaban J connectivity index is 2.25. The summed E-state index contributed by atoms with van der Waals surface area (Å²) in [4.78, 5) is 2.45. The summed E-state index contributed by atoms with van der Waals surface area (Å²) < 4.78 is 1.09. The smallest absolute Gasteiger partial charge is 0.0645 e. The summed E-state index contributed by atoms with van der Waals surface area (Å²) in [6.45, 7) is 2.20. The largest absolute Gasteiger partial charge is 0.392 e. The molecule has 94 valence electrons. The van der Waals surface area contributed by atoms with Crippen LogP contribution >= 0.6 is 27.3 Å². The van der Waals surface area contributed by atoms with E-state index in [9.17, 15) is 5.11 Å². The molecule has 0 spiro atoms. The van der Waals surface area contributed by atoms with Crippen LogP contribution in [0.25, 0.3) is 16.5 Å². The van der Waals surface area contributed by atoms with Crippen molar-refractivity contribution in [3.05, 3.63) is 51.3 Å². The van der Waals surface area contributed by atoms with Gasteiger partial charge in [-0.15, -0.1) is 11.3 Å². The fraction of sp³-hybridized carbons (Fsp3) is 0.200. The highest BCUT2D eigenvalue weighted by Crippen LogP contribution is 2.30. The van der Waals surface area contributed by atoms with Gasteiger partial charge in [-0.2, -0.15) is 0 Å². The van der Waals surface area contributed by atoms with E-state index in [0.29, 0.717) is 0 Å². The lowest BCUT2D eigenvalue weighted by atomic mass is 10.2. The van der Waals surface area contributed by atoms with E-state index in [1.165, 1.54) is 15.3 Å². The predicted octanol–water partition coefficient (Wildman–Crippen LogP) is 4.96. The van der Waals surface area contributed by atoms with Gasteiger partial charge in [0.25, 0.3) is 0 Å². The van der Waals surface area contributed by atoms with Crippen molar-refractivity contribution in [3.63, 3.8) is 0 Å². The molecule has 2 aromatic rings. The standard InChI is InChI=1S/C15H15BrOS/c1-2-11(10-17)9-14-7-8-15(18-14)12-3-5-13(16)6-4-12/h3-9,17H,2,10H2,1H3. The molecular formula is C15H15BrOS. The second-order valence-electron chi connectivity index (χ2n) is 4.02. The predicted molar refractivity (Wildman–Crippen MR) is 82.8 cm³/mol. The van der Waals surface area contributed by atoms with E-state index >= 15 is 0 Å². The summed E-state index contributed by atoms with van der Waals surface area (Å²) in [5.41, 5.74) is 2.30. The van der Waals surface area contributed by atoms with E-state index in [-0.39, 0.29) is 6.61 Å². The van der Waals surface area contributed by atoms with Crippen LogP contribution in [0.4, 0.5) is 0 Å². The van der Waals surface area contributed by atoms with Crippen LogP contribution in [0.5, 0.6) is 0 Å². The highest BCUT2D eigenvalue weighted by atomic mass is 79.9. The Kier molecular flexibility index (Phi) is 4.75. The molecule has 0 bridgehead atoms. The Hall–Kier alpha value is -0.900. The van der Waals surface area contributed by atoms with E-state index in [1.807, 2.05) is 0 Å². The van der Waals surface area contributed by atoms with Crippen LogP contribution in [0.2, 0.25) is 0 Å². The Labute approximate surface area is 120 Å². The van der Waals surface area contributed by atoms with Crippen molar-refractivity contribution in [2.45, 2.75) is 13.3 Å². The molecule has 0 atom stereocenters. The van der Waals surface area contributed by atoms with Gasteiger partial charge in [-0.05, 0) is 47.9 Å². The van der Waals surface area contributed by atoms with Gasteiger partial charge < -0.3 is 5.11 Å². The van der Waals surface area contributed by atoms with Crippen molar-refractivity contribution in [2.75, 3.05) is 6.61 Å². The van der Waals surface area contributed by atoms with Crippen molar-refractivity contribution in [1.29, 1.82) is 0 Å². The number of thiophene rings is 1. The van der Waals surface area contributed by atoms with Crippen LogP contribution in [-0.2, 0) is 0 Å². The average molecular weight is 323 g/mol. The van der Waals surface area contributed by atoms with Crippen LogP contribution in [-0.4, -0.2) is 11.7 Å². The van der Waals surface area contributed by atoms with Crippen molar-refractivity contribution in [3.8, 4) is 10.4 Å². The topological polar surface area (TPSA) is 20.2 Å². The number of rotatable bonds is 4. The summed E-state index contributed by atoms with van der Waals surface area (Å²) in [7, 11) is 0. The number of benzene rings is 1. The molecule has 0 aliphatic heterocycles. The first kappa shape index (κ1) is 13.5. The Morgan fingerprint density at radius 3 is 2.56 bits per heavy atom. The molecule has 1 nitrogen and oxygen atoms in total. The summed E-state index contributed by atoms with van der Waals surface area (Å²) in [5.74, 6) is 0. The van der Waals surface area contributed by atoms with Crippen LogP contribution in [0.1, 0.15) is 18.2 Å². The molecule has 1 N–H and O–H groups in total. The molecule has 1 aromatic carbocycles. The second kappa shape index (κ2) is 6.32. The van der Waals surface area contributed by atoms with E-state index in [1.54, 1.807) is 11.3 Å². The molecule has 18 heavy (non-hydrogen) atoms. The molecular weight excluding hydrogens is 308 g/mol. The van der Waals surface area contributed by atoms with Crippen LogP contribution in [0, 0.1) is 0 Å². The first-order valence-corrected chi connectivity index (χ1v) is 7.50. The normalized spacial score (nSPS) is 11.8. The fourth-order valence-corrected chi connectivity index (χ4v) is 2.93. The third-order valence-electron chi connectivity index (χ3n) is 2.76. The first-order valence-electron chi connectivity index (χ1n) is 5.89. The minimum Gasteiger partial charge on any atom is -0.392 e. The van der Waals surface area contributed by atoms with Gasteiger partial charge >= 0.3 is 0 Å². The Morgan fingerprint density at radius 1 is 1.22 bits per heavy atom. The Bertz CT molecular complexity index is 534. The number of hydrogen-bond acceptors (Lipinski definition) is 2. The van der Waals surface area contributed by atoms with Crippen molar-refractivity contribution in [1.82, 2.24) is 0 Å². The maximum atomic E-state index is 9.17. The van der Waals surface area contributed by atoms with Crippen LogP contribution in [0.3, 0.4) is 0 Å². The van der Waals surface area contributed by atoms with Crippen molar-refractivity contribution in [2.24, 2.45) is 0 Å². The monoisotopic (exact) mass is 322 g/mol. The minimum absolute atomic E-state index is 0.141. The molecule has 0 radical (unpaired) electrons. The summed E-state index contributed by atoms with van der Waals surface area (Å²) in [6.07, 6.45) is 2.97. The number of aliphatic hydroxyl groups excluding tert-OH is 1. The van der Waals surface area contributed by atoms with Gasteiger partial charge in [0.15, 0.2) is 0 Å². The lowest BCUT2D eigenvalue weighted by Gasteiger charge is -1.98. The lowest BCUT2D eigenvalue weighted by molar-refractivity contribution is 0.329. The maximum absolute atomic E-state index is 9.17. The van der Waals surface area contributed by atoms with Crippen molar-refractivity contribution >= 4 is 33.3 Å². The zero-order chi connectivity index (χ0) is 13.0. The van der Waals surface area contributed by atoms with Gasteiger partial charge in [0.1, 0.15) is 0 Å². The fourth-order valence-electron chi connectivity index (χ4n) is 1.66. The highest BCUT2D eigenvalue weighted by Gasteiger charge is 2.02. The average Bonchev–Trinajstić information content (AvgIpc) is 2.85. The number of halogens is 1. The molecule has 1 aromatic heterocycles. The molecule has 0 aliphatic rings. The lowest BCUT2D eigenvalue weighted by Crippen LogP contribution is -1.86. The van der Waals surface area contributed by atoms with E-state index < -0.39 is 0 Å². The Morgan fingerprint density at radius 2 is 1.94 bits per heavy atom. The summed E-state index contributed by atoms with van der Waals surface area (Å²) in [6, 6.07) is 12.6. The van der Waals surface area contributed by atoms with Crippen LogP contribution in [0.15, 0.2) is 46.4 Å². The molecule has 0 fully saturated rings. The van der Waals surface area contributed by atoms with Gasteiger partial charge in [-0.3, -0.25) is 0 Å². The SMILES string of the molecule is CCC(=Cc1ccc(-c2ccc(Br)cc2)s1)CO. The molecule has 3 heteroatoms. The van der Waals surface area contributed by atoms with E-state index in [2.05, 4.69) is 65.3 Å². The molecule has 0 saturated heterocycles.